The molecule has 2 N–H and O–H groups in total. The number of hydrogen-bond donors (Lipinski definition) is 2. The highest BCUT2D eigenvalue weighted by Gasteiger charge is 2.29. The smallest absolute Gasteiger partial charge is 0.282 e. The molecule has 1 unspecified atom stereocenters. The summed E-state index contributed by atoms with van der Waals surface area (Å²) in [5.41, 5.74) is 0.722. The number of rotatable bonds is 9. The van der Waals surface area contributed by atoms with Crippen LogP contribution in [0.3, 0.4) is 0 Å². The molecule has 0 saturated heterocycles. The monoisotopic (exact) mass is 287 g/mol. The van der Waals surface area contributed by atoms with E-state index in [1.165, 1.54) is 4.57 Å². The van der Waals surface area contributed by atoms with Crippen molar-refractivity contribution in [2.24, 2.45) is 0 Å². The van der Waals surface area contributed by atoms with E-state index in [1.54, 1.807) is 18.6 Å². The Bertz CT molecular complexity index is 494. The fourth-order valence-electron chi connectivity index (χ4n) is 2.04. The summed E-state index contributed by atoms with van der Waals surface area (Å²) in [5.74, 6) is 0. The van der Waals surface area contributed by atoms with Crippen LogP contribution in [-0.4, -0.2) is 18.0 Å². The molecule has 1 aromatic heterocycles. The first-order valence-electron chi connectivity index (χ1n) is 6.67. The summed E-state index contributed by atoms with van der Waals surface area (Å²) in [6.45, 7) is 5.74. The van der Waals surface area contributed by atoms with E-state index < -0.39 is 15.5 Å². The minimum absolute atomic E-state index is 0.418. The molecule has 0 spiro atoms. The molecule has 1 heterocycles. The van der Waals surface area contributed by atoms with Crippen LogP contribution in [0.25, 0.3) is 6.08 Å². The topological polar surface area (TPSA) is 74.0 Å². The average Bonchev–Trinajstić information content (AvgIpc) is 2.80. The van der Waals surface area contributed by atoms with Gasteiger partial charge in [0.15, 0.2) is 5.69 Å². The van der Waals surface area contributed by atoms with Gasteiger partial charge >= 0.3 is 10.1 Å². The van der Waals surface area contributed by atoms with Gasteiger partial charge in [0.05, 0.1) is 0 Å². The summed E-state index contributed by atoms with van der Waals surface area (Å²) in [4.78, 5) is 2.89. The van der Waals surface area contributed by atoms with Crippen molar-refractivity contribution in [2.45, 2.75) is 50.8 Å². The number of hydrogen-bond acceptors (Lipinski definition) is 2. The second-order valence-electron chi connectivity index (χ2n) is 4.68. The first-order chi connectivity index (χ1) is 8.99. The van der Waals surface area contributed by atoms with E-state index in [9.17, 15) is 13.0 Å². The lowest BCUT2D eigenvalue weighted by Crippen LogP contribution is -2.42. The lowest BCUT2D eigenvalue weighted by molar-refractivity contribution is -0.701. The molecule has 0 saturated carbocycles. The second-order valence-corrected chi connectivity index (χ2v) is 6.26. The third kappa shape index (κ3) is 5.16. The Hall–Kier alpha value is -1.14. The largest absolute Gasteiger partial charge is 0.307 e. The molecule has 1 rings (SSSR count). The Morgan fingerprint density at radius 1 is 1.42 bits per heavy atom. The number of imidazole rings is 1. The van der Waals surface area contributed by atoms with Crippen LogP contribution in [0.15, 0.2) is 19.1 Å². The number of aromatic amines is 1. The Morgan fingerprint density at radius 3 is 2.63 bits per heavy atom. The van der Waals surface area contributed by atoms with Crippen LogP contribution >= 0.6 is 0 Å². The maximum atomic E-state index is 11.4. The third-order valence-corrected chi connectivity index (χ3v) is 4.29. The van der Waals surface area contributed by atoms with Crippen LogP contribution in [0, 0.1) is 0 Å². The van der Waals surface area contributed by atoms with E-state index in [0.717, 1.165) is 37.8 Å². The molecule has 0 fully saturated rings. The van der Waals surface area contributed by atoms with Gasteiger partial charge in [-0.1, -0.05) is 39.2 Å². The fourth-order valence-corrected chi connectivity index (χ4v) is 2.93. The van der Waals surface area contributed by atoms with Gasteiger partial charge in [0.2, 0.25) is 11.7 Å². The van der Waals surface area contributed by atoms with Gasteiger partial charge in [0.25, 0.3) is 0 Å². The van der Waals surface area contributed by atoms with Crippen molar-refractivity contribution >= 4 is 16.2 Å². The highest BCUT2D eigenvalue weighted by Crippen LogP contribution is 2.16. The Kier molecular flexibility index (Phi) is 6.24. The molecule has 108 valence electrons. The summed E-state index contributed by atoms with van der Waals surface area (Å²) in [6.07, 6.45) is 10.4. The SMILES string of the molecule is C=Cc1c[n+](C(CCCCCCC)S(=O)(=O)O)c[nH]1. The number of nitrogens with zero attached hydrogens (tertiary/aromatic N) is 1. The highest BCUT2D eigenvalue weighted by atomic mass is 32.2. The predicted octanol–water partition coefficient (Wildman–Crippen LogP) is 2.69. The van der Waals surface area contributed by atoms with Crippen molar-refractivity contribution in [1.82, 2.24) is 4.98 Å². The van der Waals surface area contributed by atoms with Crippen LogP contribution in [0.5, 0.6) is 0 Å². The highest BCUT2D eigenvalue weighted by molar-refractivity contribution is 7.85. The van der Waals surface area contributed by atoms with Gasteiger partial charge in [-0.15, -0.1) is 0 Å². The van der Waals surface area contributed by atoms with Crippen molar-refractivity contribution < 1.29 is 17.5 Å². The van der Waals surface area contributed by atoms with Gasteiger partial charge in [-0.25, -0.2) is 9.55 Å². The van der Waals surface area contributed by atoms with Crippen LogP contribution in [0.4, 0.5) is 0 Å². The zero-order valence-electron chi connectivity index (χ0n) is 11.4. The Morgan fingerprint density at radius 2 is 2.11 bits per heavy atom. The average molecular weight is 287 g/mol. The van der Waals surface area contributed by atoms with Gasteiger partial charge < -0.3 is 0 Å². The molecule has 0 bridgehead atoms. The summed E-state index contributed by atoms with van der Waals surface area (Å²) < 4.78 is 33.7. The molecular weight excluding hydrogens is 264 g/mol. The molecule has 0 radical (unpaired) electrons. The van der Waals surface area contributed by atoms with Crippen LogP contribution in [0.1, 0.15) is 56.5 Å². The minimum Gasteiger partial charge on any atom is -0.282 e. The summed E-state index contributed by atoms with van der Waals surface area (Å²) in [7, 11) is -4.10. The summed E-state index contributed by atoms with van der Waals surface area (Å²) in [6, 6.07) is 0. The van der Waals surface area contributed by atoms with E-state index in [2.05, 4.69) is 18.5 Å². The van der Waals surface area contributed by atoms with Crippen molar-refractivity contribution in [2.75, 3.05) is 0 Å². The van der Waals surface area contributed by atoms with Gasteiger partial charge in [0.1, 0.15) is 6.20 Å². The molecule has 1 atom stereocenters. The maximum Gasteiger partial charge on any atom is 0.307 e. The van der Waals surface area contributed by atoms with Gasteiger partial charge in [-0.05, 0) is 12.5 Å². The normalized spacial score (nSPS) is 13.4. The molecule has 19 heavy (non-hydrogen) atoms. The van der Waals surface area contributed by atoms with Crippen molar-refractivity contribution in [3.8, 4) is 0 Å². The molecular formula is C13H23N2O3S+. The Balaban J connectivity index is 2.65. The molecule has 5 nitrogen and oxygen atoms in total. The second kappa shape index (κ2) is 7.45. The van der Waals surface area contributed by atoms with E-state index >= 15 is 0 Å². The molecule has 0 amide bonds. The predicted molar refractivity (Wildman–Crippen MR) is 75.0 cm³/mol. The molecule has 0 aliphatic carbocycles. The van der Waals surface area contributed by atoms with E-state index in [0.29, 0.717) is 6.42 Å². The van der Waals surface area contributed by atoms with E-state index in [4.69, 9.17) is 0 Å². The lowest BCUT2D eigenvalue weighted by atomic mass is 10.1. The number of nitrogens with one attached hydrogen (secondary N) is 1. The first kappa shape index (κ1) is 15.9. The molecule has 0 aliphatic heterocycles. The molecule has 0 aliphatic rings. The minimum atomic E-state index is -4.10. The van der Waals surface area contributed by atoms with Gasteiger partial charge in [0, 0.05) is 6.42 Å². The van der Waals surface area contributed by atoms with Gasteiger partial charge in [-0.3, -0.25) is 4.55 Å². The molecule has 6 heteroatoms. The summed E-state index contributed by atoms with van der Waals surface area (Å²) >= 11 is 0. The summed E-state index contributed by atoms with van der Waals surface area (Å²) in [5, 5.41) is -0.918. The van der Waals surface area contributed by atoms with E-state index in [1.807, 2.05) is 0 Å². The lowest BCUT2D eigenvalue weighted by Gasteiger charge is -2.10. The first-order valence-corrected chi connectivity index (χ1v) is 8.17. The third-order valence-electron chi connectivity index (χ3n) is 3.12. The van der Waals surface area contributed by atoms with Crippen molar-refractivity contribution in [1.29, 1.82) is 0 Å². The fraction of sp³-hybridized carbons (Fsp3) is 0.615. The number of unbranched alkanes of at least 4 members (excludes halogenated alkanes) is 4. The van der Waals surface area contributed by atoms with Crippen LogP contribution in [-0.2, 0) is 10.1 Å². The molecule has 1 aromatic rings. The number of H-pyrrole nitrogens is 1. The number of aromatic nitrogens is 2. The van der Waals surface area contributed by atoms with Crippen LogP contribution in [0.2, 0.25) is 0 Å². The molecule has 0 aromatic carbocycles. The van der Waals surface area contributed by atoms with Crippen molar-refractivity contribution in [3.63, 3.8) is 0 Å². The van der Waals surface area contributed by atoms with Gasteiger partial charge in [-0.2, -0.15) is 8.42 Å². The quantitative estimate of drug-likeness (QED) is 0.416. The maximum absolute atomic E-state index is 11.4. The van der Waals surface area contributed by atoms with E-state index in [-0.39, 0.29) is 0 Å². The zero-order chi connectivity index (χ0) is 14.3. The Labute approximate surface area is 115 Å². The standard InChI is InChI=1S/C13H22N2O3S/c1-3-5-6-7-8-9-13(19(16,17)18)15-10-12(4-2)14-11-15/h4,10-11,13H,2-3,5-9H2,1H3,(H,16,17,18)/p+1. The van der Waals surface area contributed by atoms with Crippen LogP contribution < -0.4 is 4.57 Å². The van der Waals surface area contributed by atoms with Crippen molar-refractivity contribution in [3.05, 3.63) is 24.8 Å². The zero-order valence-corrected chi connectivity index (χ0v) is 12.2.